The van der Waals surface area contributed by atoms with Crippen LogP contribution in [-0.2, 0) is 6.42 Å². The smallest absolute Gasteiger partial charge is 0.180 e. The lowest BCUT2D eigenvalue weighted by atomic mass is 10.00. The van der Waals surface area contributed by atoms with Crippen molar-refractivity contribution in [1.82, 2.24) is 0 Å². The van der Waals surface area contributed by atoms with E-state index in [9.17, 15) is 9.18 Å². The predicted molar refractivity (Wildman–Crippen MR) is 57.9 cm³/mol. The molecule has 0 spiro atoms. The van der Waals surface area contributed by atoms with Crippen molar-refractivity contribution in [2.45, 2.75) is 12.8 Å². The molecule has 0 saturated heterocycles. The number of hydrogen-bond donors (Lipinski definition) is 0. The number of aliphatic imine (C=N–C) groups is 1. The maximum atomic E-state index is 13.8. The fourth-order valence-electron chi connectivity index (χ4n) is 1.63. The van der Waals surface area contributed by atoms with Gasteiger partial charge in [-0.25, -0.2) is 4.39 Å². The van der Waals surface area contributed by atoms with Gasteiger partial charge in [-0.1, -0.05) is 0 Å². The van der Waals surface area contributed by atoms with Crippen molar-refractivity contribution in [2.75, 3.05) is 5.88 Å². The third-order valence-corrected chi connectivity index (χ3v) is 2.64. The first-order chi connectivity index (χ1) is 7.24. The van der Waals surface area contributed by atoms with Gasteiger partial charge in [-0.15, -0.1) is 11.6 Å². The molecule has 78 valence electrons. The van der Waals surface area contributed by atoms with Gasteiger partial charge >= 0.3 is 0 Å². The number of alkyl halides is 1. The Hall–Kier alpha value is -1.22. The van der Waals surface area contributed by atoms with Gasteiger partial charge in [0.15, 0.2) is 5.78 Å². The van der Waals surface area contributed by atoms with E-state index >= 15 is 0 Å². The first kappa shape index (κ1) is 10.3. The second-order valence-corrected chi connectivity index (χ2v) is 3.60. The highest BCUT2D eigenvalue weighted by Crippen LogP contribution is 2.28. The molecule has 0 bridgehead atoms. The highest BCUT2D eigenvalue weighted by Gasteiger charge is 2.18. The molecule has 2 rings (SSSR count). The predicted octanol–water partition coefficient (Wildman–Crippen LogP) is 2.90. The van der Waals surface area contributed by atoms with E-state index in [-0.39, 0.29) is 17.2 Å². The van der Waals surface area contributed by atoms with E-state index in [2.05, 4.69) is 4.99 Å². The van der Waals surface area contributed by atoms with Gasteiger partial charge in [-0.3, -0.25) is 9.79 Å². The molecular weight excluding hydrogens is 217 g/mol. The van der Waals surface area contributed by atoms with Crippen molar-refractivity contribution in [3.63, 3.8) is 0 Å². The van der Waals surface area contributed by atoms with Crippen LogP contribution in [0.2, 0.25) is 0 Å². The number of carbonyl (C=O) groups excluding carboxylic acids is 1. The fraction of sp³-hybridized carbons (Fsp3) is 0.273. The molecule has 0 N–H and O–H groups in total. The maximum Gasteiger partial charge on any atom is 0.180 e. The molecule has 0 aliphatic carbocycles. The number of nitrogens with zero attached hydrogens (tertiary/aromatic N) is 1. The standard InChI is InChI=1S/C11H9ClFNO/c12-6-10(15)8-3-4-9-7(11(8)13)2-1-5-14-9/h3-5H,1-2,6H2. The molecule has 1 heterocycles. The lowest BCUT2D eigenvalue weighted by molar-refractivity contribution is 0.101. The Labute approximate surface area is 91.8 Å². The molecule has 1 aliphatic rings. The molecule has 0 saturated carbocycles. The third kappa shape index (κ3) is 1.79. The first-order valence-corrected chi connectivity index (χ1v) is 5.20. The number of hydrogen-bond acceptors (Lipinski definition) is 2. The Morgan fingerprint density at radius 2 is 2.33 bits per heavy atom. The summed E-state index contributed by atoms with van der Waals surface area (Å²) < 4.78 is 13.8. The monoisotopic (exact) mass is 225 g/mol. The Morgan fingerprint density at radius 3 is 3.07 bits per heavy atom. The molecular formula is C11H9ClFNO. The van der Waals surface area contributed by atoms with Crippen molar-refractivity contribution in [2.24, 2.45) is 4.99 Å². The molecule has 15 heavy (non-hydrogen) atoms. The zero-order chi connectivity index (χ0) is 10.8. The number of ketones is 1. The molecule has 0 atom stereocenters. The SMILES string of the molecule is O=C(CCl)c1ccc2c(c1F)CCC=N2. The minimum absolute atomic E-state index is 0.0702. The lowest BCUT2D eigenvalue weighted by Crippen LogP contribution is -2.08. The maximum absolute atomic E-state index is 13.8. The third-order valence-electron chi connectivity index (χ3n) is 2.39. The summed E-state index contributed by atoms with van der Waals surface area (Å²) in [6, 6.07) is 3.11. The summed E-state index contributed by atoms with van der Waals surface area (Å²) in [5.74, 6) is -1.04. The number of carbonyl (C=O) groups is 1. The molecule has 0 fully saturated rings. The van der Waals surface area contributed by atoms with Crippen LogP contribution in [0.3, 0.4) is 0 Å². The van der Waals surface area contributed by atoms with Crippen molar-refractivity contribution >= 4 is 29.3 Å². The van der Waals surface area contributed by atoms with Crippen molar-refractivity contribution < 1.29 is 9.18 Å². The van der Waals surface area contributed by atoms with Crippen LogP contribution < -0.4 is 0 Å². The molecule has 0 aromatic heterocycles. The molecule has 2 nitrogen and oxygen atoms in total. The Balaban J connectivity index is 2.53. The van der Waals surface area contributed by atoms with E-state index in [0.29, 0.717) is 24.1 Å². The van der Waals surface area contributed by atoms with Crippen LogP contribution in [0.1, 0.15) is 22.3 Å². The summed E-state index contributed by atoms with van der Waals surface area (Å²) in [4.78, 5) is 15.4. The van der Waals surface area contributed by atoms with E-state index in [1.54, 1.807) is 12.3 Å². The average Bonchev–Trinajstić information content (AvgIpc) is 2.29. The largest absolute Gasteiger partial charge is 0.293 e. The summed E-state index contributed by atoms with van der Waals surface area (Å²) in [5.41, 5.74) is 1.21. The zero-order valence-electron chi connectivity index (χ0n) is 7.96. The van der Waals surface area contributed by atoms with Crippen LogP contribution in [0.15, 0.2) is 17.1 Å². The van der Waals surface area contributed by atoms with Crippen LogP contribution >= 0.6 is 11.6 Å². The van der Waals surface area contributed by atoms with E-state index < -0.39 is 5.82 Å². The molecule has 0 amide bonds. The minimum Gasteiger partial charge on any atom is -0.293 e. The summed E-state index contributed by atoms with van der Waals surface area (Å²) in [6.07, 6.45) is 3.06. The number of benzene rings is 1. The van der Waals surface area contributed by atoms with Crippen molar-refractivity contribution in [3.8, 4) is 0 Å². The van der Waals surface area contributed by atoms with Crippen LogP contribution in [-0.4, -0.2) is 17.9 Å². The normalized spacial score (nSPS) is 13.7. The summed E-state index contributed by atoms with van der Waals surface area (Å²) in [7, 11) is 0. The number of rotatable bonds is 2. The van der Waals surface area contributed by atoms with E-state index in [4.69, 9.17) is 11.6 Å². The minimum atomic E-state index is -0.463. The number of fused-ring (bicyclic) bond motifs is 1. The number of halogens is 2. The van der Waals surface area contributed by atoms with Gasteiger partial charge in [0.1, 0.15) is 5.82 Å². The van der Waals surface area contributed by atoms with E-state index in [0.717, 1.165) is 0 Å². The zero-order valence-corrected chi connectivity index (χ0v) is 8.72. The van der Waals surface area contributed by atoms with Gasteiger partial charge in [0.25, 0.3) is 0 Å². The van der Waals surface area contributed by atoms with E-state index in [1.165, 1.54) is 6.07 Å². The van der Waals surface area contributed by atoms with Crippen LogP contribution in [0.4, 0.5) is 10.1 Å². The van der Waals surface area contributed by atoms with Gasteiger partial charge < -0.3 is 0 Å². The van der Waals surface area contributed by atoms with Gasteiger partial charge in [0.2, 0.25) is 0 Å². The first-order valence-electron chi connectivity index (χ1n) is 4.67. The van der Waals surface area contributed by atoms with Crippen LogP contribution in [0.25, 0.3) is 0 Å². The van der Waals surface area contributed by atoms with Gasteiger partial charge in [-0.2, -0.15) is 0 Å². The molecule has 1 aromatic carbocycles. The van der Waals surface area contributed by atoms with E-state index in [1.807, 2.05) is 0 Å². The number of Topliss-reactive ketones (excluding diaryl/α,β-unsaturated/α-hetero) is 1. The van der Waals surface area contributed by atoms with Crippen LogP contribution in [0.5, 0.6) is 0 Å². The molecule has 4 heteroatoms. The second kappa shape index (κ2) is 4.11. The Kier molecular flexibility index (Phi) is 2.82. The van der Waals surface area contributed by atoms with Gasteiger partial charge in [0.05, 0.1) is 17.1 Å². The van der Waals surface area contributed by atoms with Gasteiger partial charge in [-0.05, 0) is 25.0 Å². The van der Waals surface area contributed by atoms with Crippen molar-refractivity contribution in [1.29, 1.82) is 0 Å². The fourth-order valence-corrected chi connectivity index (χ4v) is 1.77. The Morgan fingerprint density at radius 1 is 1.53 bits per heavy atom. The highest BCUT2D eigenvalue weighted by atomic mass is 35.5. The average molecular weight is 226 g/mol. The summed E-state index contributed by atoms with van der Waals surface area (Å²) in [5, 5.41) is 0. The van der Waals surface area contributed by atoms with Crippen LogP contribution in [0, 0.1) is 5.82 Å². The molecule has 0 unspecified atom stereocenters. The molecule has 0 radical (unpaired) electrons. The Bertz CT molecular complexity index is 442. The summed E-state index contributed by atoms with van der Waals surface area (Å²) in [6.45, 7) is 0. The lowest BCUT2D eigenvalue weighted by Gasteiger charge is -2.12. The van der Waals surface area contributed by atoms with Gasteiger partial charge in [0, 0.05) is 11.8 Å². The van der Waals surface area contributed by atoms with Crippen molar-refractivity contribution in [3.05, 3.63) is 29.1 Å². The molecule has 1 aliphatic heterocycles. The topological polar surface area (TPSA) is 29.4 Å². The quantitative estimate of drug-likeness (QED) is 0.562. The highest BCUT2D eigenvalue weighted by molar-refractivity contribution is 6.30. The second-order valence-electron chi connectivity index (χ2n) is 3.33. The summed E-state index contributed by atoms with van der Waals surface area (Å²) >= 11 is 5.40. The molecule has 1 aromatic rings.